The van der Waals surface area contributed by atoms with E-state index in [1.54, 1.807) is 0 Å². The highest BCUT2D eigenvalue weighted by Crippen LogP contribution is 2.42. The zero-order chi connectivity index (χ0) is 13.1. The Morgan fingerprint density at radius 3 is 2.79 bits per heavy atom. The van der Waals surface area contributed by atoms with Crippen molar-refractivity contribution in [2.75, 3.05) is 0 Å². The molecule has 19 heavy (non-hydrogen) atoms. The third-order valence-corrected chi connectivity index (χ3v) is 7.31. The molecule has 0 N–H and O–H groups in total. The van der Waals surface area contributed by atoms with Crippen molar-refractivity contribution in [2.24, 2.45) is 5.92 Å². The van der Waals surface area contributed by atoms with E-state index in [1.807, 2.05) is 24.3 Å². The van der Waals surface area contributed by atoms with Crippen molar-refractivity contribution in [1.82, 2.24) is 9.55 Å². The molecule has 1 saturated carbocycles. The van der Waals surface area contributed by atoms with Crippen LogP contribution in [0.2, 0.25) is 0 Å². The van der Waals surface area contributed by atoms with E-state index in [1.165, 1.54) is 38.5 Å². The van der Waals surface area contributed by atoms with Crippen LogP contribution < -0.4 is 0 Å². The van der Waals surface area contributed by atoms with Crippen molar-refractivity contribution in [2.45, 2.75) is 53.7 Å². The predicted octanol–water partition coefficient (Wildman–Crippen LogP) is 4.83. The molecule has 2 nitrogen and oxygen atoms in total. The average molecular weight is 388 g/mol. The first-order valence-corrected chi connectivity index (χ1v) is 9.47. The van der Waals surface area contributed by atoms with Crippen LogP contribution in [0.4, 0.5) is 0 Å². The molecule has 3 atom stereocenters. The fourth-order valence-electron chi connectivity index (χ4n) is 3.35. The van der Waals surface area contributed by atoms with Crippen molar-refractivity contribution in [3.63, 3.8) is 0 Å². The highest BCUT2D eigenvalue weighted by atomic mass is 127. The van der Waals surface area contributed by atoms with Gasteiger partial charge in [-0.1, -0.05) is 60.8 Å². The maximum Gasteiger partial charge on any atom is 0.0948 e. The Morgan fingerprint density at radius 1 is 1.32 bits per heavy atom. The third-order valence-electron chi connectivity index (χ3n) is 4.40. The van der Waals surface area contributed by atoms with Gasteiger partial charge in [0.2, 0.25) is 0 Å². The molecule has 0 amide bonds. The summed E-state index contributed by atoms with van der Waals surface area (Å²) in [5.41, 5.74) is 0. The molecular weight excluding hydrogens is 367 g/mol. The molecule has 3 unspecified atom stereocenters. The van der Waals surface area contributed by atoms with Gasteiger partial charge < -0.3 is 4.57 Å². The summed E-state index contributed by atoms with van der Waals surface area (Å²) in [6.07, 6.45) is 16.9. The lowest BCUT2D eigenvalue weighted by atomic mass is 9.84. The van der Waals surface area contributed by atoms with E-state index in [0.717, 1.165) is 5.92 Å². The van der Waals surface area contributed by atoms with Crippen LogP contribution in [0, 0.1) is 5.92 Å². The lowest BCUT2D eigenvalue weighted by molar-refractivity contribution is 0.284. The van der Waals surface area contributed by atoms with Crippen LogP contribution in [0.5, 0.6) is 0 Å². The predicted molar refractivity (Wildman–Crippen MR) is 90.8 cm³/mol. The maximum absolute atomic E-state index is 4.26. The van der Waals surface area contributed by atoms with Gasteiger partial charge in [-0.2, -0.15) is 0 Å². The first kappa shape index (κ1) is 14.0. The van der Waals surface area contributed by atoms with Crippen molar-refractivity contribution in [3.8, 4) is 0 Å². The maximum atomic E-state index is 4.26. The molecule has 0 radical (unpaired) electrons. The van der Waals surface area contributed by atoms with Gasteiger partial charge in [-0.15, -0.1) is 11.8 Å². The van der Waals surface area contributed by atoms with E-state index < -0.39 is 0 Å². The van der Waals surface area contributed by atoms with Gasteiger partial charge in [0.05, 0.1) is 6.33 Å². The summed E-state index contributed by atoms with van der Waals surface area (Å²) in [4.78, 5) is 4.26. The summed E-state index contributed by atoms with van der Waals surface area (Å²) in [6, 6.07) is 0.604. The van der Waals surface area contributed by atoms with Gasteiger partial charge in [0.15, 0.2) is 0 Å². The molecule has 0 saturated heterocycles. The second kappa shape index (κ2) is 6.66. The second-order valence-corrected chi connectivity index (χ2v) is 8.22. The summed E-state index contributed by atoms with van der Waals surface area (Å²) in [5.74, 6) is 0.922. The van der Waals surface area contributed by atoms with Crippen LogP contribution in [-0.2, 0) is 0 Å². The average Bonchev–Trinajstić information content (AvgIpc) is 3.09. The zero-order valence-electron chi connectivity index (χ0n) is 11.1. The number of rotatable bonds is 4. The Morgan fingerprint density at radius 2 is 2.16 bits per heavy atom. The Hall–Kier alpha value is 0.0300. The first-order chi connectivity index (χ1) is 9.34. The molecule has 0 bridgehead atoms. The second-order valence-electron chi connectivity index (χ2n) is 5.69. The lowest BCUT2D eigenvalue weighted by Crippen LogP contribution is -2.28. The van der Waals surface area contributed by atoms with E-state index in [9.17, 15) is 0 Å². The number of alkyl halides is 1. The lowest BCUT2D eigenvalue weighted by Gasteiger charge is -2.32. The highest BCUT2D eigenvalue weighted by Gasteiger charge is 2.32. The van der Waals surface area contributed by atoms with Crippen LogP contribution >= 0.6 is 34.4 Å². The number of imidazole rings is 1. The van der Waals surface area contributed by atoms with Crippen LogP contribution in [-0.4, -0.2) is 18.7 Å². The molecular formula is C15H21IN2S. The first-order valence-electron chi connectivity index (χ1n) is 7.28. The van der Waals surface area contributed by atoms with Gasteiger partial charge in [0.25, 0.3) is 0 Å². The topological polar surface area (TPSA) is 17.8 Å². The number of aromatic nitrogens is 2. The standard InChI is InChI=1S/C15H21IN2S/c16-13-6-9-19-15(13)14(18-8-7-17-11-18)10-12-4-2-1-3-5-12/h6-9,11-15H,1-5,10H2. The number of halogens is 1. The summed E-state index contributed by atoms with van der Waals surface area (Å²) in [7, 11) is 0. The molecule has 1 aliphatic heterocycles. The van der Waals surface area contributed by atoms with Crippen molar-refractivity contribution in [3.05, 3.63) is 30.2 Å². The fourth-order valence-corrected chi connectivity index (χ4v) is 5.95. The van der Waals surface area contributed by atoms with Gasteiger partial charge in [-0.25, -0.2) is 4.98 Å². The van der Waals surface area contributed by atoms with Crippen LogP contribution in [0.3, 0.4) is 0 Å². The molecule has 1 aromatic rings. The van der Waals surface area contributed by atoms with Crippen LogP contribution in [0.25, 0.3) is 0 Å². The molecule has 2 heterocycles. The van der Waals surface area contributed by atoms with Crippen LogP contribution in [0.1, 0.15) is 44.6 Å². The number of thioether (sulfide) groups is 1. The smallest absolute Gasteiger partial charge is 0.0948 e. The number of nitrogens with zero attached hydrogens (tertiary/aromatic N) is 2. The summed E-state index contributed by atoms with van der Waals surface area (Å²) in [6.45, 7) is 0. The molecule has 1 aromatic heterocycles. The number of allylic oxidation sites excluding steroid dienone is 1. The molecule has 4 heteroatoms. The van der Waals surface area contributed by atoms with E-state index in [0.29, 0.717) is 15.2 Å². The van der Waals surface area contributed by atoms with Gasteiger partial charge in [0.1, 0.15) is 0 Å². The van der Waals surface area contributed by atoms with Crippen molar-refractivity contribution in [1.29, 1.82) is 0 Å². The summed E-state index contributed by atoms with van der Waals surface area (Å²) >= 11 is 4.60. The third kappa shape index (κ3) is 3.38. The monoisotopic (exact) mass is 388 g/mol. The molecule has 0 aromatic carbocycles. The largest absolute Gasteiger partial charge is 0.333 e. The summed E-state index contributed by atoms with van der Waals surface area (Å²) in [5, 5.41) is 2.96. The molecule has 3 rings (SSSR count). The van der Waals surface area contributed by atoms with E-state index in [4.69, 9.17) is 0 Å². The fraction of sp³-hybridized carbons (Fsp3) is 0.667. The normalized spacial score (nSPS) is 29.7. The van der Waals surface area contributed by atoms with E-state index in [-0.39, 0.29) is 0 Å². The molecule has 1 fully saturated rings. The molecule has 104 valence electrons. The Kier molecular flexibility index (Phi) is 4.90. The van der Waals surface area contributed by atoms with Gasteiger partial charge in [-0.3, -0.25) is 0 Å². The van der Waals surface area contributed by atoms with Gasteiger partial charge >= 0.3 is 0 Å². The van der Waals surface area contributed by atoms with Crippen LogP contribution in [0.15, 0.2) is 30.2 Å². The molecule has 1 aliphatic carbocycles. The Bertz CT molecular complexity index is 412. The highest BCUT2D eigenvalue weighted by molar-refractivity contribution is 14.1. The molecule has 2 aliphatic rings. The minimum absolute atomic E-state index is 0.604. The minimum Gasteiger partial charge on any atom is -0.333 e. The van der Waals surface area contributed by atoms with Crippen molar-refractivity contribution >= 4 is 34.4 Å². The van der Waals surface area contributed by atoms with E-state index in [2.05, 4.69) is 49.8 Å². The van der Waals surface area contributed by atoms with Gasteiger partial charge in [0, 0.05) is 27.6 Å². The quantitative estimate of drug-likeness (QED) is 0.543. The Labute approximate surface area is 133 Å². The SMILES string of the molecule is IC1C=CSC1C(CC1CCCCC1)n1ccnc1. The van der Waals surface area contributed by atoms with Gasteiger partial charge in [-0.05, 0) is 17.7 Å². The molecule has 0 spiro atoms. The summed E-state index contributed by atoms with van der Waals surface area (Å²) < 4.78 is 3.00. The van der Waals surface area contributed by atoms with E-state index >= 15 is 0 Å². The van der Waals surface area contributed by atoms with Crippen molar-refractivity contribution < 1.29 is 0 Å². The zero-order valence-corrected chi connectivity index (χ0v) is 14.1. The number of hydrogen-bond acceptors (Lipinski definition) is 2. The Balaban J connectivity index is 1.72. The number of hydrogen-bond donors (Lipinski definition) is 0. The minimum atomic E-state index is 0.604.